The van der Waals surface area contributed by atoms with Crippen LogP contribution in [0.5, 0.6) is 5.75 Å². The third-order valence-corrected chi connectivity index (χ3v) is 6.85. The first kappa shape index (κ1) is 27.6. The summed E-state index contributed by atoms with van der Waals surface area (Å²) in [6.45, 7) is 0. The molecule has 2 aromatic carbocycles. The fourth-order valence-electron chi connectivity index (χ4n) is 5.00. The third-order valence-electron chi connectivity index (χ3n) is 6.85. The molecule has 2 aromatic heterocycles. The fourth-order valence-corrected chi connectivity index (χ4v) is 5.00. The van der Waals surface area contributed by atoms with E-state index >= 15 is 0 Å². The van der Waals surface area contributed by atoms with Gasteiger partial charge in [-0.1, -0.05) is 36.2 Å². The number of aromatic nitrogens is 2. The molecule has 0 aliphatic heterocycles. The van der Waals surface area contributed by atoms with Crippen LogP contribution in [0.2, 0.25) is 0 Å². The van der Waals surface area contributed by atoms with E-state index in [0.29, 0.717) is 16.5 Å². The molecule has 41 heavy (non-hydrogen) atoms. The van der Waals surface area contributed by atoms with Gasteiger partial charge in [0.1, 0.15) is 17.5 Å². The number of ether oxygens (including phenoxy) is 1. The summed E-state index contributed by atoms with van der Waals surface area (Å²) in [4.78, 5) is 43.9. The van der Waals surface area contributed by atoms with Crippen molar-refractivity contribution in [3.8, 4) is 5.75 Å². The summed E-state index contributed by atoms with van der Waals surface area (Å²) in [5.41, 5.74) is 11.4. The highest BCUT2D eigenvalue weighted by atomic mass is 19.4. The van der Waals surface area contributed by atoms with Crippen molar-refractivity contribution in [2.24, 2.45) is 5.73 Å². The van der Waals surface area contributed by atoms with Crippen molar-refractivity contribution in [1.82, 2.24) is 15.5 Å². The molecule has 1 fully saturated rings. The topological polar surface area (TPSA) is 170 Å². The van der Waals surface area contributed by atoms with E-state index in [2.05, 4.69) is 20.2 Å². The number of para-hydroxylation sites is 1. The Kier molecular flexibility index (Phi) is 7.30. The molecule has 4 aromatic rings. The zero-order chi connectivity index (χ0) is 29.3. The SMILES string of the molecule is NC(=O)c1noc(C(=O)N(c2ccc(OC(F)(F)F)cc2)[C@@H](C(=O)NC2CCCC2)c2c[nH]c3ccccc23)c1N. The summed E-state index contributed by atoms with van der Waals surface area (Å²) >= 11 is 0. The Morgan fingerprint density at radius 2 is 1.78 bits per heavy atom. The van der Waals surface area contributed by atoms with Crippen LogP contribution in [0.4, 0.5) is 24.5 Å². The van der Waals surface area contributed by atoms with Crippen molar-refractivity contribution >= 4 is 40.0 Å². The number of nitrogens with one attached hydrogen (secondary N) is 2. The molecule has 0 unspecified atom stereocenters. The Balaban J connectivity index is 1.66. The summed E-state index contributed by atoms with van der Waals surface area (Å²) in [7, 11) is 0. The number of hydrogen-bond acceptors (Lipinski definition) is 7. The standard InChI is InChI=1S/C27H25F3N6O5/c28-27(29,30)40-16-11-9-15(10-12-16)36(26(39)23-20(31)21(24(32)37)35-41-23)22(25(38)34-14-5-1-2-6-14)18-13-33-19-8-4-3-7-17(18)19/h3-4,7-14,22,33H,1-2,5-6,31H2,(H2,32,37)(H,34,38)/t22-/m1/s1. The van der Waals surface area contributed by atoms with Crippen LogP contribution in [0, 0.1) is 0 Å². The molecule has 1 atom stereocenters. The van der Waals surface area contributed by atoms with Crippen molar-refractivity contribution in [1.29, 1.82) is 0 Å². The maximum Gasteiger partial charge on any atom is 0.573 e. The predicted octanol–water partition coefficient (Wildman–Crippen LogP) is 4.18. The summed E-state index contributed by atoms with van der Waals surface area (Å²) < 4.78 is 47.5. The number of H-pyrrole nitrogens is 1. The quantitative estimate of drug-likeness (QED) is 0.246. The first-order chi connectivity index (χ1) is 19.5. The van der Waals surface area contributed by atoms with Crippen LogP contribution in [0.1, 0.15) is 58.3 Å². The average molecular weight is 571 g/mol. The molecule has 0 bridgehead atoms. The Labute approximate surface area is 230 Å². The highest BCUT2D eigenvalue weighted by molar-refractivity contribution is 6.13. The van der Waals surface area contributed by atoms with Gasteiger partial charge in [0.25, 0.3) is 11.8 Å². The van der Waals surface area contributed by atoms with Crippen molar-refractivity contribution in [3.63, 3.8) is 0 Å². The Hall–Kier alpha value is -5.01. The van der Waals surface area contributed by atoms with Gasteiger partial charge in [0, 0.05) is 34.4 Å². The number of nitrogens with zero attached hydrogens (tertiary/aromatic N) is 2. The number of anilines is 2. The molecule has 14 heteroatoms. The number of aromatic amines is 1. The second-order valence-electron chi connectivity index (χ2n) is 9.54. The van der Waals surface area contributed by atoms with Gasteiger partial charge in [-0.2, -0.15) is 0 Å². The average Bonchev–Trinajstić information content (AvgIpc) is 3.67. The lowest BCUT2D eigenvalue weighted by Gasteiger charge is -2.31. The van der Waals surface area contributed by atoms with Gasteiger partial charge in [-0.15, -0.1) is 13.2 Å². The molecule has 1 aliphatic carbocycles. The first-order valence-electron chi connectivity index (χ1n) is 12.6. The van der Waals surface area contributed by atoms with Crippen LogP contribution in [-0.4, -0.2) is 40.3 Å². The van der Waals surface area contributed by atoms with E-state index in [-0.39, 0.29) is 11.7 Å². The van der Waals surface area contributed by atoms with Gasteiger partial charge in [-0.3, -0.25) is 19.3 Å². The Morgan fingerprint density at radius 3 is 2.41 bits per heavy atom. The molecule has 214 valence electrons. The summed E-state index contributed by atoms with van der Waals surface area (Å²) in [5.74, 6) is -3.68. The van der Waals surface area contributed by atoms with E-state index in [1.807, 2.05) is 0 Å². The number of halogens is 3. The van der Waals surface area contributed by atoms with Gasteiger partial charge < -0.3 is 31.0 Å². The maximum atomic E-state index is 14.1. The maximum absolute atomic E-state index is 14.1. The zero-order valence-electron chi connectivity index (χ0n) is 21.4. The number of nitrogen functional groups attached to an aromatic ring is 1. The van der Waals surface area contributed by atoms with Gasteiger partial charge in [0.15, 0.2) is 5.69 Å². The lowest BCUT2D eigenvalue weighted by atomic mass is 10.0. The molecule has 3 amide bonds. The van der Waals surface area contributed by atoms with Crippen LogP contribution < -0.4 is 26.4 Å². The number of hydrogen-bond donors (Lipinski definition) is 4. The van der Waals surface area contributed by atoms with Crippen molar-refractivity contribution in [2.45, 2.75) is 44.1 Å². The second-order valence-corrected chi connectivity index (χ2v) is 9.54. The monoisotopic (exact) mass is 570 g/mol. The molecule has 5 rings (SSSR count). The zero-order valence-corrected chi connectivity index (χ0v) is 21.4. The van der Waals surface area contributed by atoms with E-state index < -0.39 is 53.0 Å². The predicted molar refractivity (Wildman–Crippen MR) is 141 cm³/mol. The Morgan fingerprint density at radius 1 is 1.10 bits per heavy atom. The van der Waals surface area contributed by atoms with E-state index in [1.54, 1.807) is 30.5 Å². The van der Waals surface area contributed by atoms with Crippen molar-refractivity contribution in [2.75, 3.05) is 10.6 Å². The van der Waals surface area contributed by atoms with Gasteiger partial charge >= 0.3 is 6.36 Å². The molecule has 0 spiro atoms. The molecular weight excluding hydrogens is 545 g/mol. The largest absolute Gasteiger partial charge is 0.573 e. The molecule has 6 N–H and O–H groups in total. The number of nitrogens with two attached hydrogens (primary N) is 2. The van der Waals surface area contributed by atoms with Crippen LogP contribution in [0.15, 0.2) is 59.3 Å². The summed E-state index contributed by atoms with van der Waals surface area (Å²) in [6.07, 6.45) is -0.0115. The normalized spacial score (nSPS) is 14.6. The number of rotatable bonds is 8. The van der Waals surface area contributed by atoms with Crippen LogP contribution in [0.3, 0.4) is 0 Å². The number of benzene rings is 2. The number of carbonyl (C=O) groups is 3. The van der Waals surface area contributed by atoms with Crippen molar-refractivity contribution in [3.05, 3.63) is 71.7 Å². The van der Waals surface area contributed by atoms with E-state index in [0.717, 1.165) is 42.7 Å². The molecule has 2 heterocycles. The molecule has 11 nitrogen and oxygen atoms in total. The highest BCUT2D eigenvalue weighted by Crippen LogP contribution is 2.36. The molecule has 1 aliphatic rings. The minimum absolute atomic E-state index is 0.0119. The lowest BCUT2D eigenvalue weighted by Crippen LogP contribution is -2.46. The fraction of sp³-hybridized carbons (Fsp3) is 0.259. The molecule has 1 saturated carbocycles. The number of fused-ring (bicyclic) bond motifs is 1. The van der Waals surface area contributed by atoms with Crippen LogP contribution in [-0.2, 0) is 4.79 Å². The van der Waals surface area contributed by atoms with E-state index in [1.165, 1.54) is 12.1 Å². The van der Waals surface area contributed by atoms with Gasteiger partial charge in [0.05, 0.1) is 0 Å². The van der Waals surface area contributed by atoms with Crippen molar-refractivity contribution < 1.29 is 36.8 Å². The van der Waals surface area contributed by atoms with E-state index in [4.69, 9.17) is 16.0 Å². The minimum atomic E-state index is -4.94. The van der Waals surface area contributed by atoms with Crippen LogP contribution >= 0.6 is 0 Å². The molecular formula is C27H25F3N6O5. The number of primary amides is 1. The first-order valence-corrected chi connectivity index (χ1v) is 12.6. The van der Waals surface area contributed by atoms with E-state index in [9.17, 15) is 27.6 Å². The summed E-state index contributed by atoms with van der Waals surface area (Å²) in [5, 5.41) is 7.11. The highest BCUT2D eigenvalue weighted by Gasteiger charge is 2.39. The van der Waals surface area contributed by atoms with Gasteiger partial charge in [-0.05, 0) is 43.2 Å². The number of alkyl halides is 3. The number of carbonyl (C=O) groups excluding carboxylic acids is 3. The van der Waals surface area contributed by atoms with Crippen LogP contribution in [0.25, 0.3) is 10.9 Å². The molecule has 0 radical (unpaired) electrons. The minimum Gasteiger partial charge on any atom is -0.406 e. The Bertz CT molecular complexity index is 1590. The van der Waals surface area contributed by atoms with Gasteiger partial charge in [-0.25, -0.2) is 0 Å². The smallest absolute Gasteiger partial charge is 0.406 e. The number of amides is 3. The lowest BCUT2D eigenvalue weighted by molar-refractivity contribution is -0.274. The van der Waals surface area contributed by atoms with Gasteiger partial charge in [0.2, 0.25) is 11.7 Å². The summed E-state index contributed by atoms with van der Waals surface area (Å²) in [6, 6.07) is 9.99. The third kappa shape index (κ3) is 5.66. The molecule has 0 saturated heterocycles. The second kappa shape index (κ2) is 10.9.